The van der Waals surface area contributed by atoms with Crippen LogP contribution in [0, 0.1) is 9.64 Å². The molecule has 0 amide bonds. The molecule has 2 heteroatoms. The summed E-state index contributed by atoms with van der Waals surface area (Å²) in [5.74, 6) is 0. The number of benzene rings is 2. The van der Waals surface area contributed by atoms with E-state index in [0.717, 1.165) is 11.4 Å². The summed E-state index contributed by atoms with van der Waals surface area (Å²) in [5.41, 5.74) is 2.44. The summed E-state index contributed by atoms with van der Waals surface area (Å²) in [4.78, 5) is 0. The summed E-state index contributed by atoms with van der Waals surface area (Å²) in [5, 5.41) is 0.836. The van der Waals surface area contributed by atoms with Gasteiger partial charge in [-0.05, 0) is 64.4 Å². The van der Waals surface area contributed by atoms with E-state index in [4.69, 9.17) is 11.6 Å². The van der Waals surface area contributed by atoms with Gasteiger partial charge in [-0.2, -0.15) is 0 Å². The molecule has 0 unspecified atom stereocenters. The van der Waals surface area contributed by atoms with Gasteiger partial charge in [-0.15, -0.1) is 0 Å². The number of rotatable bonds is 2. The highest BCUT2D eigenvalue weighted by Gasteiger charge is 2.01. The Bertz CT molecular complexity index is 451. The van der Waals surface area contributed by atoms with Gasteiger partial charge in [0.05, 0.1) is 0 Å². The minimum Gasteiger partial charge on any atom is -0.0840 e. The molecule has 0 nitrogen and oxygen atoms in total. The second-order valence-electron chi connectivity index (χ2n) is 3.32. The Morgan fingerprint density at radius 1 is 1.13 bits per heavy atom. The molecule has 1 radical (unpaired) electrons. The van der Waals surface area contributed by atoms with Gasteiger partial charge in [-0.25, -0.2) is 0 Å². The molecule has 0 aliphatic rings. The quantitative estimate of drug-likeness (QED) is 0.720. The highest BCUT2D eigenvalue weighted by molar-refractivity contribution is 14.1. The third-order valence-corrected chi connectivity index (χ3v) is 3.23. The molecule has 0 N–H and O–H groups in total. The van der Waals surface area contributed by atoms with Gasteiger partial charge in [0.2, 0.25) is 0 Å². The molecule has 0 heterocycles. The minimum atomic E-state index is 0.836. The Labute approximate surface area is 108 Å². The second-order valence-corrected chi connectivity index (χ2v) is 4.97. The average Bonchev–Trinajstić information content (AvgIpc) is 2.25. The van der Waals surface area contributed by atoms with E-state index in [-0.39, 0.29) is 0 Å². The minimum absolute atomic E-state index is 0.836. The third kappa shape index (κ3) is 2.95. The Morgan fingerprint density at radius 2 is 1.87 bits per heavy atom. The number of halogens is 2. The number of hydrogen-bond acceptors (Lipinski definition) is 0. The maximum Gasteiger partial charge on any atom is 0.0442 e. The fourth-order valence-corrected chi connectivity index (χ4v) is 2.18. The molecule has 0 fully saturated rings. The topological polar surface area (TPSA) is 0 Å². The predicted molar refractivity (Wildman–Crippen MR) is 72.3 cm³/mol. The van der Waals surface area contributed by atoms with Crippen molar-refractivity contribution in [3.05, 3.63) is 68.3 Å². The molecule has 0 atom stereocenters. The van der Waals surface area contributed by atoms with Gasteiger partial charge >= 0.3 is 0 Å². The molecule has 0 aliphatic heterocycles. The summed E-state index contributed by atoms with van der Waals surface area (Å²) in [6.45, 7) is 0. The highest BCUT2D eigenvalue weighted by atomic mass is 127. The lowest BCUT2D eigenvalue weighted by Gasteiger charge is -2.04. The lowest BCUT2D eigenvalue weighted by Crippen LogP contribution is -1.89. The van der Waals surface area contributed by atoms with Crippen LogP contribution in [0.3, 0.4) is 0 Å². The van der Waals surface area contributed by atoms with Crippen LogP contribution in [0.25, 0.3) is 0 Å². The monoisotopic (exact) mass is 327 g/mol. The van der Waals surface area contributed by atoms with Crippen molar-refractivity contribution < 1.29 is 0 Å². The van der Waals surface area contributed by atoms with Gasteiger partial charge in [0.25, 0.3) is 0 Å². The van der Waals surface area contributed by atoms with E-state index in [2.05, 4.69) is 46.9 Å². The summed E-state index contributed by atoms with van der Waals surface area (Å²) >= 11 is 8.43. The van der Waals surface area contributed by atoms with E-state index in [1.165, 1.54) is 14.7 Å². The SMILES string of the molecule is Clc1ccc(I)cc1Cc1cc[c]cc1. The first-order valence-electron chi connectivity index (χ1n) is 4.64. The van der Waals surface area contributed by atoms with Crippen LogP contribution in [0.2, 0.25) is 5.02 Å². The molecule has 0 saturated carbocycles. The van der Waals surface area contributed by atoms with Gasteiger partial charge in [0.15, 0.2) is 0 Å². The molecule has 0 aromatic heterocycles. The van der Waals surface area contributed by atoms with Gasteiger partial charge in [-0.3, -0.25) is 0 Å². The zero-order valence-electron chi connectivity index (χ0n) is 8.00. The number of hydrogen-bond donors (Lipinski definition) is 0. The largest absolute Gasteiger partial charge is 0.0840 e. The van der Waals surface area contributed by atoms with Crippen LogP contribution in [-0.2, 0) is 6.42 Å². The summed E-state index contributed by atoms with van der Waals surface area (Å²) < 4.78 is 1.22. The predicted octanol–water partition coefficient (Wildman–Crippen LogP) is 4.34. The Morgan fingerprint density at radius 3 is 2.60 bits per heavy atom. The zero-order chi connectivity index (χ0) is 10.7. The highest BCUT2D eigenvalue weighted by Crippen LogP contribution is 2.21. The van der Waals surface area contributed by atoms with Crippen LogP contribution in [0.5, 0.6) is 0 Å². The standard InChI is InChI=1S/C13H9ClI/c14-13-7-6-12(15)9-11(13)8-10-4-2-1-3-5-10/h2-7,9H,8H2. The van der Waals surface area contributed by atoms with Gasteiger partial charge in [0, 0.05) is 8.59 Å². The Balaban J connectivity index is 2.28. The van der Waals surface area contributed by atoms with Crippen LogP contribution < -0.4 is 0 Å². The molecular weight excluding hydrogens is 319 g/mol. The summed E-state index contributed by atoms with van der Waals surface area (Å²) in [7, 11) is 0. The third-order valence-electron chi connectivity index (χ3n) is 2.19. The fourth-order valence-electron chi connectivity index (χ4n) is 1.44. The molecule has 2 aromatic rings. The maximum atomic E-state index is 6.13. The summed E-state index contributed by atoms with van der Waals surface area (Å²) in [6.07, 6.45) is 0.879. The van der Waals surface area contributed by atoms with Gasteiger partial charge < -0.3 is 0 Å². The smallest absolute Gasteiger partial charge is 0.0442 e. The molecule has 0 spiro atoms. The van der Waals surface area contributed by atoms with Crippen molar-refractivity contribution in [2.24, 2.45) is 0 Å². The molecule has 0 aliphatic carbocycles. The van der Waals surface area contributed by atoms with Crippen molar-refractivity contribution in [1.82, 2.24) is 0 Å². The maximum absolute atomic E-state index is 6.13. The molecule has 0 bridgehead atoms. The van der Waals surface area contributed by atoms with Crippen molar-refractivity contribution in [1.29, 1.82) is 0 Å². The van der Waals surface area contributed by atoms with Crippen molar-refractivity contribution in [2.45, 2.75) is 6.42 Å². The van der Waals surface area contributed by atoms with Gasteiger partial charge in [-0.1, -0.05) is 35.9 Å². The molecule has 75 valence electrons. The van der Waals surface area contributed by atoms with Crippen LogP contribution >= 0.6 is 34.2 Å². The van der Waals surface area contributed by atoms with Crippen molar-refractivity contribution >= 4 is 34.2 Å². The first-order valence-corrected chi connectivity index (χ1v) is 6.10. The zero-order valence-corrected chi connectivity index (χ0v) is 10.9. The average molecular weight is 328 g/mol. The first-order chi connectivity index (χ1) is 7.25. The molecule has 0 saturated heterocycles. The van der Waals surface area contributed by atoms with E-state index in [0.29, 0.717) is 0 Å². The van der Waals surface area contributed by atoms with Crippen LogP contribution in [-0.4, -0.2) is 0 Å². The molecule has 2 rings (SSSR count). The first kappa shape index (κ1) is 11.0. The van der Waals surface area contributed by atoms with E-state index in [1.54, 1.807) is 0 Å². The molecule has 2 aromatic carbocycles. The van der Waals surface area contributed by atoms with Crippen LogP contribution in [0.4, 0.5) is 0 Å². The van der Waals surface area contributed by atoms with Crippen molar-refractivity contribution in [2.75, 3.05) is 0 Å². The second kappa shape index (κ2) is 4.99. The van der Waals surface area contributed by atoms with Crippen molar-refractivity contribution in [3.8, 4) is 0 Å². The van der Waals surface area contributed by atoms with Crippen LogP contribution in [0.1, 0.15) is 11.1 Å². The lowest BCUT2D eigenvalue weighted by molar-refractivity contribution is 1.19. The Kier molecular flexibility index (Phi) is 3.65. The normalized spacial score (nSPS) is 10.3. The summed E-state index contributed by atoms with van der Waals surface area (Å²) in [6, 6.07) is 17.1. The van der Waals surface area contributed by atoms with Crippen LogP contribution in [0.15, 0.2) is 42.5 Å². The molecule has 15 heavy (non-hydrogen) atoms. The van der Waals surface area contributed by atoms with E-state index in [1.807, 2.05) is 24.3 Å². The van der Waals surface area contributed by atoms with Gasteiger partial charge in [0.1, 0.15) is 0 Å². The Hall–Kier alpha value is -0.540. The lowest BCUT2D eigenvalue weighted by atomic mass is 10.1. The molecular formula is C13H9ClI. The van der Waals surface area contributed by atoms with E-state index < -0.39 is 0 Å². The van der Waals surface area contributed by atoms with E-state index >= 15 is 0 Å². The van der Waals surface area contributed by atoms with E-state index in [9.17, 15) is 0 Å². The fraction of sp³-hybridized carbons (Fsp3) is 0.0769. The van der Waals surface area contributed by atoms with Crippen molar-refractivity contribution in [3.63, 3.8) is 0 Å².